The van der Waals surface area contributed by atoms with Gasteiger partial charge in [-0.2, -0.15) is 0 Å². The molecule has 1 N–H and O–H groups in total. The van der Waals surface area contributed by atoms with Gasteiger partial charge in [0.2, 0.25) is 0 Å². The van der Waals surface area contributed by atoms with E-state index in [-0.39, 0.29) is 0 Å². The third-order valence-corrected chi connectivity index (χ3v) is 2.90. The minimum atomic E-state index is 0.481. The molecular formula is C12H26N2O. The van der Waals surface area contributed by atoms with E-state index in [0.29, 0.717) is 6.10 Å². The van der Waals surface area contributed by atoms with E-state index < -0.39 is 0 Å². The van der Waals surface area contributed by atoms with Gasteiger partial charge in [-0.1, -0.05) is 6.92 Å². The van der Waals surface area contributed by atoms with Crippen LogP contribution in [0.5, 0.6) is 0 Å². The van der Waals surface area contributed by atoms with E-state index in [9.17, 15) is 0 Å². The minimum Gasteiger partial charge on any atom is -0.377 e. The first-order valence-electron chi connectivity index (χ1n) is 6.41. The molecule has 1 unspecified atom stereocenters. The molecule has 0 spiro atoms. The smallest absolute Gasteiger partial charge is 0.0702 e. The summed E-state index contributed by atoms with van der Waals surface area (Å²) < 4.78 is 5.68. The van der Waals surface area contributed by atoms with E-state index in [1.54, 1.807) is 0 Å². The zero-order valence-corrected chi connectivity index (χ0v) is 10.3. The van der Waals surface area contributed by atoms with E-state index in [0.717, 1.165) is 26.2 Å². The molecule has 1 saturated heterocycles. The molecule has 1 heterocycles. The van der Waals surface area contributed by atoms with Crippen molar-refractivity contribution in [1.29, 1.82) is 0 Å². The molecule has 0 aromatic heterocycles. The average Bonchev–Trinajstić information content (AvgIpc) is 2.26. The summed E-state index contributed by atoms with van der Waals surface area (Å²) in [6.07, 6.45) is 4.24. The van der Waals surface area contributed by atoms with Crippen LogP contribution in [0.4, 0.5) is 0 Å². The third-order valence-electron chi connectivity index (χ3n) is 2.90. The first-order valence-corrected chi connectivity index (χ1v) is 6.41. The van der Waals surface area contributed by atoms with Crippen molar-refractivity contribution in [2.24, 2.45) is 0 Å². The lowest BCUT2D eigenvalue weighted by Gasteiger charge is -2.32. The summed E-state index contributed by atoms with van der Waals surface area (Å²) in [5.74, 6) is 0. The van der Waals surface area contributed by atoms with Crippen LogP contribution in [0.1, 0.15) is 33.1 Å². The number of hydrogen-bond acceptors (Lipinski definition) is 3. The number of rotatable bonds is 7. The van der Waals surface area contributed by atoms with Gasteiger partial charge in [0.15, 0.2) is 0 Å². The second-order valence-corrected chi connectivity index (χ2v) is 4.27. The van der Waals surface area contributed by atoms with Crippen LogP contribution in [0.15, 0.2) is 0 Å². The number of hydrogen-bond donors (Lipinski definition) is 1. The van der Waals surface area contributed by atoms with Crippen molar-refractivity contribution in [3.8, 4) is 0 Å². The normalized spacial score (nSPS) is 23.2. The average molecular weight is 214 g/mol. The Balaban J connectivity index is 2.07. The highest BCUT2D eigenvalue weighted by Gasteiger charge is 2.18. The SMILES string of the molecule is CCCNCCN1CCCC(OCC)C1. The molecule has 0 saturated carbocycles. The molecule has 0 aliphatic carbocycles. The highest BCUT2D eigenvalue weighted by atomic mass is 16.5. The Morgan fingerprint density at radius 3 is 2.93 bits per heavy atom. The zero-order chi connectivity index (χ0) is 10.9. The van der Waals surface area contributed by atoms with Gasteiger partial charge in [-0.3, -0.25) is 4.90 Å². The Bertz CT molecular complexity index is 151. The highest BCUT2D eigenvalue weighted by molar-refractivity contribution is 4.73. The minimum absolute atomic E-state index is 0.481. The molecule has 0 bridgehead atoms. The van der Waals surface area contributed by atoms with Gasteiger partial charge < -0.3 is 10.1 Å². The lowest BCUT2D eigenvalue weighted by Crippen LogP contribution is -2.42. The van der Waals surface area contributed by atoms with Crippen molar-refractivity contribution < 1.29 is 4.74 Å². The standard InChI is InChI=1S/C12H26N2O/c1-3-7-13-8-10-14-9-5-6-12(11-14)15-4-2/h12-13H,3-11H2,1-2H3. The highest BCUT2D eigenvalue weighted by Crippen LogP contribution is 2.12. The van der Waals surface area contributed by atoms with Gasteiger partial charge in [0.1, 0.15) is 0 Å². The maximum Gasteiger partial charge on any atom is 0.0702 e. The second kappa shape index (κ2) is 8.08. The van der Waals surface area contributed by atoms with Gasteiger partial charge in [0.05, 0.1) is 6.10 Å². The molecular weight excluding hydrogens is 188 g/mol. The summed E-state index contributed by atoms with van der Waals surface area (Å²) in [5, 5.41) is 3.45. The molecule has 0 amide bonds. The van der Waals surface area contributed by atoms with Crippen LogP contribution in [0.2, 0.25) is 0 Å². The quantitative estimate of drug-likeness (QED) is 0.650. The molecule has 3 heteroatoms. The van der Waals surface area contributed by atoms with Crippen LogP contribution in [-0.4, -0.2) is 50.3 Å². The first-order chi connectivity index (χ1) is 7.36. The van der Waals surface area contributed by atoms with Gasteiger partial charge in [-0.05, 0) is 39.3 Å². The topological polar surface area (TPSA) is 24.5 Å². The van der Waals surface area contributed by atoms with Crippen LogP contribution in [0, 0.1) is 0 Å². The molecule has 0 aromatic rings. The summed E-state index contributed by atoms with van der Waals surface area (Å²) in [7, 11) is 0. The van der Waals surface area contributed by atoms with Crippen LogP contribution in [0.25, 0.3) is 0 Å². The van der Waals surface area contributed by atoms with Crippen molar-refractivity contribution in [1.82, 2.24) is 10.2 Å². The van der Waals surface area contributed by atoms with E-state index in [1.165, 1.54) is 32.4 Å². The zero-order valence-electron chi connectivity index (χ0n) is 10.3. The van der Waals surface area contributed by atoms with Crippen molar-refractivity contribution in [3.63, 3.8) is 0 Å². The molecule has 0 radical (unpaired) electrons. The first kappa shape index (κ1) is 12.9. The van der Waals surface area contributed by atoms with E-state index >= 15 is 0 Å². The number of likely N-dealkylation sites (tertiary alicyclic amines) is 1. The summed E-state index contributed by atoms with van der Waals surface area (Å²) >= 11 is 0. The molecule has 1 fully saturated rings. The number of ether oxygens (including phenoxy) is 1. The van der Waals surface area contributed by atoms with Crippen molar-refractivity contribution in [2.75, 3.05) is 39.3 Å². The summed E-state index contributed by atoms with van der Waals surface area (Å²) in [6.45, 7) is 10.9. The Morgan fingerprint density at radius 2 is 2.20 bits per heavy atom. The third kappa shape index (κ3) is 5.50. The number of piperidine rings is 1. The van der Waals surface area contributed by atoms with Gasteiger partial charge in [0, 0.05) is 26.2 Å². The molecule has 1 aliphatic rings. The monoisotopic (exact) mass is 214 g/mol. The Kier molecular flexibility index (Phi) is 6.98. The van der Waals surface area contributed by atoms with Gasteiger partial charge >= 0.3 is 0 Å². The molecule has 1 rings (SSSR count). The van der Waals surface area contributed by atoms with Crippen molar-refractivity contribution in [3.05, 3.63) is 0 Å². The maximum atomic E-state index is 5.68. The van der Waals surface area contributed by atoms with Crippen molar-refractivity contribution >= 4 is 0 Å². The van der Waals surface area contributed by atoms with Crippen LogP contribution in [0.3, 0.4) is 0 Å². The fourth-order valence-corrected chi connectivity index (χ4v) is 2.13. The second-order valence-electron chi connectivity index (χ2n) is 4.27. The van der Waals surface area contributed by atoms with Crippen LogP contribution >= 0.6 is 0 Å². The molecule has 0 aromatic carbocycles. The molecule has 15 heavy (non-hydrogen) atoms. The number of nitrogens with zero attached hydrogens (tertiary/aromatic N) is 1. The molecule has 1 atom stereocenters. The predicted molar refractivity (Wildman–Crippen MR) is 64.2 cm³/mol. The summed E-state index contributed by atoms with van der Waals surface area (Å²) in [4.78, 5) is 2.52. The molecule has 3 nitrogen and oxygen atoms in total. The summed E-state index contributed by atoms with van der Waals surface area (Å²) in [6, 6.07) is 0. The van der Waals surface area contributed by atoms with Crippen molar-refractivity contribution in [2.45, 2.75) is 39.2 Å². The van der Waals surface area contributed by atoms with E-state index in [4.69, 9.17) is 4.74 Å². The lowest BCUT2D eigenvalue weighted by molar-refractivity contribution is 0.00638. The number of nitrogens with one attached hydrogen (secondary N) is 1. The molecule has 1 aliphatic heterocycles. The maximum absolute atomic E-state index is 5.68. The summed E-state index contributed by atoms with van der Waals surface area (Å²) in [5.41, 5.74) is 0. The fourth-order valence-electron chi connectivity index (χ4n) is 2.13. The fraction of sp³-hybridized carbons (Fsp3) is 1.00. The van der Waals surface area contributed by atoms with Crippen LogP contribution in [-0.2, 0) is 4.74 Å². The Labute approximate surface area is 94.2 Å². The van der Waals surface area contributed by atoms with Gasteiger partial charge in [-0.25, -0.2) is 0 Å². The molecule has 90 valence electrons. The van der Waals surface area contributed by atoms with E-state index in [1.807, 2.05) is 0 Å². The van der Waals surface area contributed by atoms with E-state index in [2.05, 4.69) is 24.1 Å². The lowest BCUT2D eigenvalue weighted by atomic mass is 10.1. The predicted octanol–water partition coefficient (Wildman–Crippen LogP) is 1.49. The van der Waals surface area contributed by atoms with Gasteiger partial charge in [0.25, 0.3) is 0 Å². The van der Waals surface area contributed by atoms with Crippen LogP contribution < -0.4 is 5.32 Å². The Morgan fingerprint density at radius 1 is 1.33 bits per heavy atom. The Hall–Kier alpha value is -0.120. The van der Waals surface area contributed by atoms with Gasteiger partial charge in [-0.15, -0.1) is 0 Å². The largest absolute Gasteiger partial charge is 0.377 e.